The van der Waals surface area contributed by atoms with E-state index in [0.29, 0.717) is 22.6 Å². The molecule has 3 N–H and O–H groups in total. The first-order valence-electron chi connectivity index (χ1n) is 11.5. The van der Waals surface area contributed by atoms with E-state index in [1.54, 1.807) is 0 Å². The summed E-state index contributed by atoms with van der Waals surface area (Å²) < 4.78 is 59.5. The van der Waals surface area contributed by atoms with Crippen molar-refractivity contribution in [3.05, 3.63) is 41.5 Å². The maximum Gasteiger partial charge on any atom is 0.419 e. The lowest BCUT2D eigenvalue weighted by molar-refractivity contribution is -0.137. The van der Waals surface area contributed by atoms with Gasteiger partial charge in [-0.05, 0) is 39.0 Å². The first kappa shape index (κ1) is 26.5. The zero-order valence-electron chi connectivity index (χ0n) is 20.4. The Hall–Kier alpha value is -3.58. The maximum absolute atomic E-state index is 14.0. The number of alkyl halides is 3. The maximum atomic E-state index is 14.0. The summed E-state index contributed by atoms with van der Waals surface area (Å²) in [6, 6.07) is 2.69. The van der Waals surface area contributed by atoms with Gasteiger partial charge in [-0.2, -0.15) is 13.2 Å². The zero-order chi connectivity index (χ0) is 27.0. The molecule has 0 saturated heterocycles. The van der Waals surface area contributed by atoms with Gasteiger partial charge in [0.2, 0.25) is 5.95 Å². The van der Waals surface area contributed by atoms with Gasteiger partial charge >= 0.3 is 12.3 Å². The van der Waals surface area contributed by atoms with Gasteiger partial charge in [-0.15, -0.1) is 0 Å². The molecule has 1 saturated carbocycles. The summed E-state index contributed by atoms with van der Waals surface area (Å²) in [5, 5.41) is 6.53. The van der Waals surface area contributed by atoms with Gasteiger partial charge < -0.3 is 24.9 Å². The normalized spacial score (nSPS) is 18.3. The SMILES string of the molecule is [C-]#[N+]c1ccc2c(-c3nc(N[C@@H]4CCC[C@H](NC(=O)OC)C4)ncc3C(F)(F)F)c[nH]c2c1P(C)(C)=O. The van der Waals surface area contributed by atoms with Crippen LogP contribution in [0.25, 0.3) is 27.0 Å². The quantitative estimate of drug-likeness (QED) is 0.293. The molecule has 1 aliphatic carbocycles. The summed E-state index contributed by atoms with van der Waals surface area (Å²) in [7, 11) is -1.66. The molecule has 1 amide bonds. The van der Waals surface area contributed by atoms with Crippen LogP contribution in [0.5, 0.6) is 0 Å². The molecular weight excluding hydrogens is 508 g/mol. The van der Waals surface area contributed by atoms with E-state index in [4.69, 9.17) is 6.57 Å². The number of aromatic amines is 1. The Morgan fingerprint density at radius 3 is 2.65 bits per heavy atom. The lowest BCUT2D eigenvalue weighted by Gasteiger charge is -2.30. The van der Waals surface area contributed by atoms with E-state index in [0.717, 1.165) is 25.5 Å². The van der Waals surface area contributed by atoms with E-state index in [2.05, 4.69) is 35.2 Å². The number of hydrogen-bond acceptors (Lipinski definition) is 6. The number of fused-ring (bicyclic) bond motifs is 1. The van der Waals surface area contributed by atoms with E-state index in [1.165, 1.54) is 38.8 Å². The molecule has 1 aromatic carbocycles. The van der Waals surface area contributed by atoms with Gasteiger partial charge in [0.15, 0.2) is 5.69 Å². The first-order valence-corrected chi connectivity index (χ1v) is 14.1. The van der Waals surface area contributed by atoms with Gasteiger partial charge in [-0.1, -0.05) is 12.1 Å². The molecule has 196 valence electrons. The third-order valence-corrected chi connectivity index (χ3v) is 7.86. The highest BCUT2D eigenvalue weighted by Crippen LogP contribution is 2.44. The number of nitrogens with one attached hydrogen (secondary N) is 3. The van der Waals surface area contributed by atoms with Crippen molar-refractivity contribution in [3.8, 4) is 11.3 Å². The second kappa shape index (κ2) is 10.1. The van der Waals surface area contributed by atoms with Crippen LogP contribution in [0.2, 0.25) is 0 Å². The fraction of sp³-hybridized carbons (Fsp3) is 0.417. The number of methoxy groups -OCH3 is 1. The van der Waals surface area contributed by atoms with E-state index in [1.807, 2.05) is 0 Å². The Bertz CT molecular complexity index is 1430. The van der Waals surface area contributed by atoms with E-state index < -0.39 is 25.0 Å². The van der Waals surface area contributed by atoms with Crippen LogP contribution in [-0.4, -0.2) is 53.6 Å². The van der Waals surface area contributed by atoms with Crippen molar-refractivity contribution >= 4 is 41.1 Å². The average molecular weight is 534 g/mol. The molecule has 2 atom stereocenters. The van der Waals surface area contributed by atoms with Gasteiger partial charge in [0, 0.05) is 46.2 Å². The largest absolute Gasteiger partial charge is 0.453 e. The van der Waals surface area contributed by atoms with Crippen LogP contribution in [-0.2, 0) is 15.5 Å². The van der Waals surface area contributed by atoms with Crippen LogP contribution in [0.3, 0.4) is 0 Å². The molecule has 0 aliphatic heterocycles. The van der Waals surface area contributed by atoms with Crippen molar-refractivity contribution in [3.63, 3.8) is 0 Å². The third kappa shape index (κ3) is 5.57. The van der Waals surface area contributed by atoms with Crippen molar-refractivity contribution in [2.24, 2.45) is 0 Å². The molecule has 37 heavy (non-hydrogen) atoms. The van der Waals surface area contributed by atoms with Crippen LogP contribution >= 0.6 is 7.14 Å². The number of nitrogens with zero attached hydrogens (tertiary/aromatic N) is 3. The van der Waals surface area contributed by atoms with Crippen molar-refractivity contribution < 1.29 is 27.3 Å². The summed E-state index contributed by atoms with van der Waals surface area (Å²) in [6.45, 7) is 10.4. The molecule has 0 spiro atoms. The molecule has 9 nitrogen and oxygen atoms in total. The van der Waals surface area contributed by atoms with Crippen LogP contribution in [0, 0.1) is 6.57 Å². The standard InChI is InChI=1S/C24H26F3N6O3P/c1-28-18-9-8-15-16(11-29-20(15)21(18)37(3,4)35)19-17(24(25,26)27)12-30-22(33-19)31-13-6-5-7-14(10-13)32-23(34)36-2/h8-9,11-14,29H,5-7,10H2,2-4H3,(H,32,34)(H,30,31,33)/t13-,14+/m1/s1. The second-order valence-corrected chi connectivity index (χ2v) is 12.5. The Morgan fingerprint density at radius 1 is 1.27 bits per heavy atom. The number of halogens is 3. The minimum absolute atomic E-state index is 0.0238. The van der Waals surface area contributed by atoms with Gasteiger partial charge in [0.25, 0.3) is 0 Å². The molecule has 2 aromatic heterocycles. The molecular formula is C24H26F3N6O3P. The fourth-order valence-electron chi connectivity index (χ4n) is 4.73. The summed E-state index contributed by atoms with van der Waals surface area (Å²) in [6.07, 6.45) is -0.308. The number of anilines is 1. The average Bonchev–Trinajstić information content (AvgIpc) is 3.26. The van der Waals surface area contributed by atoms with Crippen LogP contribution in [0.15, 0.2) is 24.5 Å². The highest BCUT2D eigenvalue weighted by atomic mass is 31.2. The fourth-order valence-corrected chi connectivity index (χ4v) is 6.13. The molecule has 1 aliphatic rings. The number of benzene rings is 1. The molecule has 2 heterocycles. The van der Waals surface area contributed by atoms with Gasteiger partial charge in [-0.3, -0.25) is 0 Å². The summed E-state index contributed by atoms with van der Waals surface area (Å²) in [5.74, 6) is 0.0238. The van der Waals surface area contributed by atoms with E-state index in [-0.39, 0.29) is 35.0 Å². The van der Waals surface area contributed by atoms with Crippen molar-refractivity contribution in [1.29, 1.82) is 0 Å². The number of carbonyl (C=O) groups is 1. The highest BCUT2D eigenvalue weighted by Gasteiger charge is 2.37. The third-order valence-electron chi connectivity index (χ3n) is 6.33. The van der Waals surface area contributed by atoms with Crippen LogP contribution < -0.4 is 15.9 Å². The smallest absolute Gasteiger partial charge is 0.419 e. The van der Waals surface area contributed by atoms with Crippen molar-refractivity contribution in [2.75, 3.05) is 25.8 Å². The number of ether oxygens (including phenoxy) is 1. The molecule has 0 radical (unpaired) electrons. The molecule has 0 unspecified atom stereocenters. The van der Waals surface area contributed by atoms with E-state index >= 15 is 0 Å². The van der Waals surface area contributed by atoms with Gasteiger partial charge in [-0.25, -0.2) is 19.6 Å². The Labute approximate surface area is 211 Å². The number of alkyl carbamates (subject to hydrolysis) is 1. The molecule has 3 aromatic rings. The highest BCUT2D eigenvalue weighted by molar-refractivity contribution is 7.71. The lowest BCUT2D eigenvalue weighted by Crippen LogP contribution is -2.41. The number of H-pyrrole nitrogens is 1. The minimum atomic E-state index is -4.72. The number of amides is 1. The molecule has 1 fully saturated rings. The Balaban J connectivity index is 1.75. The number of hydrogen-bond donors (Lipinski definition) is 3. The van der Waals surface area contributed by atoms with Crippen LogP contribution in [0.4, 0.5) is 29.6 Å². The predicted octanol–water partition coefficient (Wildman–Crippen LogP) is 5.52. The van der Waals surface area contributed by atoms with Crippen LogP contribution in [0.1, 0.15) is 31.2 Å². The Morgan fingerprint density at radius 2 is 2.00 bits per heavy atom. The predicted molar refractivity (Wildman–Crippen MR) is 135 cm³/mol. The minimum Gasteiger partial charge on any atom is -0.453 e. The Kier molecular flexibility index (Phi) is 7.20. The van der Waals surface area contributed by atoms with Crippen molar-refractivity contribution in [1.82, 2.24) is 20.3 Å². The van der Waals surface area contributed by atoms with E-state index in [9.17, 15) is 22.5 Å². The summed E-state index contributed by atoms with van der Waals surface area (Å²) in [4.78, 5) is 26.1. The monoisotopic (exact) mass is 534 g/mol. The first-order chi connectivity index (χ1) is 17.4. The topological polar surface area (TPSA) is 113 Å². The van der Waals surface area contributed by atoms with Gasteiger partial charge in [0.1, 0.15) is 12.7 Å². The van der Waals surface area contributed by atoms with Gasteiger partial charge in [0.05, 0.1) is 19.4 Å². The second-order valence-electron chi connectivity index (χ2n) is 9.32. The zero-order valence-corrected chi connectivity index (χ0v) is 21.3. The number of rotatable bonds is 5. The number of aromatic nitrogens is 3. The molecule has 4 rings (SSSR count). The number of carbonyl (C=O) groups excluding carboxylic acids is 1. The lowest BCUT2D eigenvalue weighted by atomic mass is 9.91. The summed E-state index contributed by atoms with van der Waals surface area (Å²) in [5.41, 5.74) is -0.655. The molecule has 13 heteroatoms. The van der Waals surface area contributed by atoms with Crippen molar-refractivity contribution in [2.45, 2.75) is 43.9 Å². The molecule has 0 bridgehead atoms. The summed E-state index contributed by atoms with van der Waals surface area (Å²) >= 11 is 0.